The van der Waals surface area contributed by atoms with Gasteiger partial charge in [-0.1, -0.05) is 30.3 Å². The number of nitrogens with zero attached hydrogens (tertiary/aromatic N) is 1. The van der Waals surface area contributed by atoms with Gasteiger partial charge in [0.25, 0.3) is 0 Å². The Morgan fingerprint density at radius 1 is 1.06 bits per heavy atom. The molecule has 2 heteroatoms. The Kier molecular flexibility index (Phi) is 3.07. The third-order valence-electron chi connectivity index (χ3n) is 2.82. The van der Waals surface area contributed by atoms with E-state index < -0.39 is 0 Å². The fraction of sp³-hybridized carbons (Fsp3) is 0.333. The van der Waals surface area contributed by atoms with Crippen LogP contribution in [-0.4, -0.2) is 19.1 Å². The quantitative estimate of drug-likeness (QED) is 0.875. The molecule has 2 N–H and O–H groups in total. The van der Waals surface area contributed by atoms with Gasteiger partial charge in [-0.05, 0) is 36.8 Å². The van der Waals surface area contributed by atoms with Crippen LogP contribution in [0.2, 0.25) is 0 Å². The lowest BCUT2D eigenvalue weighted by molar-refractivity contribution is 0.519. The average Bonchev–Trinajstić information content (AvgIpc) is 2.26. The maximum absolute atomic E-state index is 6.04. The molecule has 17 heavy (non-hydrogen) atoms. The number of nitrogens with two attached hydrogens (primary N) is 1. The van der Waals surface area contributed by atoms with Crippen molar-refractivity contribution in [3.8, 4) is 0 Å². The second-order valence-electron chi connectivity index (χ2n) is 5.38. The zero-order chi connectivity index (χ0) is 12.5. The van der Waals surface area contributed by atoms with Crippen LogP contribution >= 0.6 is 0 Å². The Labute approximate surface area is 103 Å². The molecule has 2 aromatic carbocycles. The minimum atomic E-state index is -0.180. The van der Waals surface area contributed by atoms with E-state index in [1.54, 1.807) is 0 Å². The highest BCUT2D eigenvalue weighted by molar-refractivity contribution is 5.85. The molecule has 0 fully saturated rings. The maximum atomic E-state index is 6.04. The second kappa shape index (κ2) is 4.38. The fourth-order valence-electron chi connectivity index (χ4n) is 2.12. The number of hydrogen-bond acceptors (Lipinski definition) is 2. The highest BCUT2D eigenvalue weighted by Crippen LogP contribution is 2.22. The molecule has 2 rings (SSSR count). The van der Waals surface area contributed by atoms with Gasteiger partial charge in [-0.25, -0.2) is 0 Å². The summed E-state index contributed by atoms with van der Waals surface area (Å²) in [4.78, 5) is 2.20. The zero-order valence-corrected chi connectivity index (χ0v) is 10.8. The topological polar surface area (TPSA) is 29.3 Å². The Bertz CT molecular complexity index is 512. The van der Waals surface area contributed by atoms with E-state index in [0.717, 1.165) is 6.54 Å². The molecule has 0 radical (unpaired) electrons. The number of likely N-dealkylation sites (N-methyl/N-ethyl adjacent to an activating group) is 1. The molecule has 0 atom stereocenters. The van der Waals surface area contributed by atoms with Crippen molar-refractivity contribution < 1.29 is 0 Å². The molecular formula is C15H20N2. The Morgan fingerprint density at radius 3 is 2.35 bits per heavy atom. The van der Waals surface area contributed by atoms with Crippen molar-refractivity contribution in [1.82, 2.24) is 0 Å². The third kappa shape index (κ3) is 2.98. The van der Waals surface area contributed by atoms with Gasteiger partial charge >= 0.3 is 0 Å². The van der Waals surface area contributed by atoms with Gasteiger partial charge < -0.3 is 10.6 Å². The van der Waals surface area contributed by atoms with Crippen LogP contribution in [0.25, 0.3) is 10.8 Å². The van der Waals surface area contributed by atoms with Gasteiger partial charge in [-0.15, -0.1) is 0 Å². The highest BCUT2D eigenvalue weighted by atomic mass is 15.1. The predicted octanol–water partition coefficient (Wildman–Crippen LogP) is 3.01. The molecule has 0 spiro atoms. The summed E-state index contributed by atoms with van der Waals surface area (Å²) in [5.41, 5.74) is 7.07. The molecule has 0 unspecified atom stereocenters. The first-order chi connectivity index (χ1) is 7.96. The van der Waals surface area contributed by atoms with Crippen LogP contribution in [0.3, 0.4) is 0 Å². The number of benzene rings is 2. The van der Waals surface area contributed by atoms with Gasteiger partial charge in [0.15, 0.2) is 0 Å². The molecule has 90 valence electrons. The van der Waals surface area contributed by atoms with E-state index in [1.807, 2.05) is 13.8 Å². The first kappa shape index (κ1) is 11.9. The van der Waals surface area contributed by atoms with Crippen molar-refractivity contribution in [2.75, 3.05) is 18.5 Å². The number of fused-ring (bicyclic) bond motifs is 1. The van der Waals surface area contributed by atoms with Crippen molar-refractivity contribution in [3.63, 3.8) is 0 Å². The molecule has 0 aromatic heterocycles. The molecule has 0 aliphatic heterocycles. The molecule has 0 heterocycles. The smallest absolute Gasteiger partial charge is 0.0370 e. The molecule has 0 aliphatic carbocycles. The normalized spacial score (nSPS) is 11.8. The Hall–Kier alpha value is -1.54. The standard InChI is InChI=1S/C15H20N2/c1-15(2,16)11-17(3)14-9-8-12-6-4-5-7-13(12)10-14/h4-10H,11,16H2,1-3H3. The highest BCUT2D eigenvalue weighted by Gasteiger charge is 2.14. The molecular weight excluding hydrogens is 208 g/mol. The van der Waals surface area contributed by atoms with Crippen molar-refractivity contribution in [1.29, 1.82) is 0 Å². The van der Waals surface area contributed by atoms with Gasteiger partial charge in [0.1, 0.15) is 0 Å². The molecule has 0 amide bonds. The lowest BCUT2D eigenvalue weighted by atomic mass is 10.1. The Balaban J connectivity index is 2.30. The average molecular weight is 228 g/mol. The van der Waals surface area contributed by atoms with E-state index in [4.69, 9.17) is 5.73 Å². The molecule has 0 aliphatic rings. The van der Waals surface area contributed by atoms with Crippen LogP contribution in [0.15, 0.2) is 42.5 Å². The van der Waals surface area contributed by atoms with Crippen molar-refractivity contribution in [2.24, 2.45) is 5.73 Å². The SMILES string of the molecule is CN(CC(C)(C)N)c1ccc2ccccc2c1. The monoisotopic (exact) mass is 228 g/mol. The fourth-order valence-corrected chi connectivity index (χ4v) is 2.12. The van der Waals surface area contributed by atoms with Crippen molar-refractivity contribution >= 4 is 16.5 Å². The summed E-state index contributed by atoms with van der Waals surface area (Å²) in [6, 6.07) is 14.9. The van der Waals surface area contributed by atoms with Crippen LogP contribution in [0.5, 0.6) is 0 Å². The first-order valence-corrected chi connectivity index (χ1v) is 5.94. The summed E-state index contributed by atoms with van der Waals surface area (Å²) in [5, 5.41) is 2.54. The van der Waals surface area contributed by atoms with E-state index in [0.29, 0.717) is 0 Å². The molecule has 0 saturated carbocycles. The first-order valence-electron chi connectivity index (χ1n) is 5.94. The predicted molar refractivity (Wildman–Crippen MR) is 75.5 cm³/mol. The molecule has 2 aromatic rings. The number of anilines is 1. The van der Waals surface area contributed by atoms with Gasteiger partial charge in [0, 0.05) is 24.8 Å². The summed E-state index contributed by atoms with van der Waals surface area (Å²) in [6.07, 6.45) is 0. The Morgan fingerprint density at radius 2 is 1.71 bits per heavy atom. The summed E-state index contributed by atoms with van der Waals surface area (Å²) in [7, 11) is 2.08. The van der Waals surface area contributed by atoms with Gasteiger partial charge in [0.2, 0.25) is 0 Å². The summed E-state index contributed by atoms with van der Waals surface area (Å²) in [6.45, 7) is 4.93. The number of hydrogen-bond donors (Lipinski definition) is 1. The van der Waals surface area contributed by atoms with E-state index in [9.17, 15) is 0 Å². The van der Waals surface area contributed by atoms with Crippen LogP contribution in [-0.2, 0) is 0 Å². The lowest BCUT2D eigenvalue weighted by Crippen LogP contribution is -2.44. The second-order valence-corrected chi connectivity index (χ2v) is 5.38. The summed E-state index contributed by atoms with van der Waals surface area (Å²) < 4.78 is 0. The van der Waals surface area contributed by atoms with Gasteiger partial charge in [-0.2, -0.15) is 0 Å². The third-order valence-corrected chi connectivity index (χ3v) is 2.82. The van der Waals surface area contributed by atoms with Crippen LogP contribution in [0.1, 0.15) is 13.8 Å². The minimum absolute atomic E-state index is 0.180. The molecule has 0 saturated heterocycles. The lowest BCUT2D eigenvalue weighted by Gasteiger charge is -2.28. The summed E-state index contributed by atoms with van der Waals surface area (Å²) >= 11 is 0. The number of rotatable bonds is 3. The van der Waals surface area contributed by atoms with Crippen molar-refractivity contribution in [2.45, 2.75) is 19.4 Å². The molecule has 0 bridgehead atoms. The maximum Gasteiger partial charge on any atom is 0.0370 e. The van der Waals surface area contributed by atoms with Gasteiger partial charge in [-0.3, -0.25) is 0 Å². The van der Waals surface area contributed by atoms with Crippen LogP contribution in [0, 0.1) is 0 Å². The van der Waals surface area contributed by atoms with E-state index in [-0.39, 0.29) is 5.54 Å². The van der Waals surface area contributed by atoms with E-state index in [2.05, 4.69) is 54.4 Å². The molecule has 2 nitrogen and oxygen atoms in total. The van der Waals surface area contributed by atoms with E-state index >= 15 is 0 Å². The van der Waals surface area contributed by atoms with Crippen LogP contribution in [0.4, 0.5) is 5.69 Å². The summed E-state index contributed by atoms with van der Waals surface area (Å²) in [5.74, 6) is 0. The zero-order valence-electron chi connectivity index (χ0n) is 10.8. The van der Waals surface area contributed by atoms with Crippen LogP contribution < -0.4 is 10.6 Å². The van der Waals surface area contributed by atoms with Crippen molar-refractivity contribution in [3.05, 3.63) is 42.5 Å². The van der Waals surface area contributed by atoms with Gasteiger partial charge in [0.05, 0.1) is 0 Å². The largest absolute Gasteiger partial charge is 0.373 e. The van der Waals surface area contributed by atoms with E-state index in [1.165, 1.54) is 16.5 Å². The minimum Gasteiger partial charge on any atom is -0.373 e.